The number of nitrogens with one attached hydrogen (secondary N) is 2. The largest absolute Gasteiger partial charge is 0.421 e. The van der Waals surface area contributed by atoms with Crippen molar-refractivity contribution in [2.45, 2.75) is 19.6 Å². The first-order valence-corrected chi connectivity index (χ1v) is 7.27. The summed E-state index contributed by atoms with van der Waals surface area (Å²) in [5.41, 5.74) is 0.685. The van der Waals surface area contributed by atoms with Crippen molar-refractivity contribution in [2.24, 2.45) is 0 Å². The molecule has 0 fully saturated rings. The predicted octanol–water partition coefficient (Wildman–Crippen LogP) is 3.65. The Morgan fingerprint density at radius 1 is 1.21 bits per heavy atom. The van der Waals surface area contributed by atoms with Crippen LogP contribution in [-0.4, -0.2) is 26.8 Å². The van der Waals surface area contributed by atoms with Gasteiger partial charge in [-0.1, -0.05) is 6.07 Å². The summed E-state index contributed by atoms with van der Waals surface area (Å²) in [5, 5.41) is 10.5. The molecule has 0 atom stereocenters. The fourth-order valence-corrected chi connectivity index (χ4v) is 2.42. The molecule has 0 aliphatic carbocycles. The molecule has 0 unspecified atom stereocenters. The first-order chi connectivity index (χ1) is 11.4. The minimum absolute atomic E-state index is 0.0732. The second kappa shape index (κ2) is 5.99. The summed E-state index contributed by atoms with van der Waals surface area (Å²) in [6.45, 7) is 2.69. The summed E-state index contributed by atoms with van der Waals surface area (Å²) in [4.78, 5) is 7.68. The fraction of sp³-hybridized carbons (Fsp3) is 0.267. The Labute approximate surface area is 135 Å². The van der Waals surface area contributed by atoms with Crippen molar-refractivity contribution < 1.29 is 13.2 Å². The van der Waals surface area contributed by atoms with Crippen LogP contribution in [0, 0.1) is 0 Å². The zero-order valence-electron chi connectivity index (χ0n) is 13.0. The van der Waals surface area contributed by atoms with Crippen LogP contribution in [0.3, 0.4) is 0 Å². The molecular formula is C15H15F3N6. The molecule has 0 radical (unpaired) electrons. The van der Waals surface area contributed by atoms with Crippen molar-refractivity contribution in [1.29, 1.82) is 0 Å². The third-order valence-electron chi connectivity index (χ3n) is 3.56. The number of aromatic nitrogens is 4. The Morgan fingerprint density at radius 2 is 2.00 bits per heavy atom. The molecule has 0 aliphatic rings. The Kier molecular flexibility index (Phi) is 4.00. The van der Waals surface area contributed by atoms with E-state index in [1.54, 1.807) is 12.3 Å². The quantitative estimate of drug-likeness (QED) is 0.761. The number of benzene rings is 1. The van der Waals surface area contributed by atoms with Gasteiger partial charge < -0.3 is 10.6 Å². The minimum Gasteiger partial charge on any atom is -0.372 e. The lowest BCUT2D eigenvalue weighted by molar-refractivity contribution is -0.137. The van der Waals surface area contributed by atoms with Crippen molar-refractivity contribution in [2.75, 3.05) is 17.7 Å². The van der Waals surface area contributed by atoms with Crippen LogP contribution in [0.5, 0.6) is 0 Å². The number of alkyl halides is 3. The van der Waals surface area contributed by atoms with Gasteiger partial charge in [-0.05, 0) is 19.1 Å². The molecule has 0 bridgehead atoms. The predicted molar refractivity (Wildman–Crippen MR) is 85.3 cm³/mol. The van der Waals surface area contributed by atoms with E-state index in [9.17, 15) is 13.2 Å². The average Bonchev–Trinajstić information content (AvgIpc) is 2.98. The van der Waals surface area contributed by atoms with Gasteiger partial charge in [0.2, 0.25) is 5.95 Å². The summed E-state index contributed by atoms with van der Waals surface area (Å²) in [7, 11) is 1.38. The molecule has 6 nitrogen and oxygen atoms in total. The molecule has 2 heterocycles. The van der Waals surface area contributed by atoms with Gasteiger partial charge in [-0.25, -0.2) is 4.98 Å². The highest BCUT2D eigenvalue weighted by Crippen LogP contribution is 2.34. The van der Waals surface area contributed by atoms with Crippen LogP contribution in [0.4, 0.5) is 30.6 Å². The SMILES string of the molecule is CCn1ncc2c(Nc3ncc(C(F)(F)F)c(NC)n3)cccc21. The number of hydrogen-bond donors (Lipinski definition) is 2. The molecular weight excluding hydrogens is 321 g/mol. The van der Waals surface area contributed by atoms with Crippen molar-refractivity contribution in [1.82, 2.24) is 19.7 Å². The first kappa shape index (κ1) is 16.0. The number of rotatable bonds is 4. The molecule has 24 heavy (non-hydrogen) atoms. The lowest BCUT2D eigenvalue weighted by atomic mass is 10.2. The van der Waals surface area contributed by atoms with E-state index >= 15 is 0 Å². The highest BCUT2D eigenvalue weighted by molar-refractivity contribution is 5.92. The Bertz CT molecular complexity index is 871. The molecule has 0 saturated carbocycles. The van der Waals surface area contributed by atoms with Crippen LogP contribution in [-0.2, 0) is 12.7 Å². The van der Waals surface area contributed by atoms with Crippen molar-refractivity contribution in [3.05, 3.63) is 36.2 Å². The Hall–Kier alpha value is -2.84. The van der Waals surface area contributed by atoms with Gasteiger partial charge in [0.05, 0.1) is 17.4 Å². The van der Waals surface area contributed by atoms with Gasteiger partial charge in [-0.15, -0.1) is 0 Å². The van der Waals surface area contributed by atoms with Gasteiger partial charge in [0.15, 0.2) is 0 Å². The van der Waals surface area contributed by atoms with E-state index in [1.165, 1.54) is 7.05 Å². The average molecular weight is 336 g/mol. The molecule has 0 spiro atoms. The van der Waals surface area contributed by atoms with Crippen molar-refractivity contribution >= 4 is 28.4 Å². The highest BCUT2D eigenvalue weighted by Gasteiger charge is 2.35. The maximum Gasteiger partial charge on any atom is 0.421 e. The summed E-state index contributed by atoms with van der Waals surface area (Å²) in [6, 6.07) is 5.55. The van der Waals surface area contributed by atoms with Crippen LogP contribution in [0.1, 0.15) is 12.5 Å². The van der Waals surface area contributed by atoms with Crippen LogP contribution >= 0.6 is 0 Å². The van der Waals surface area contributed by atoms with Gasteiger partial charge in [-0.2, -0.15) is 23.3 Å². The zero-order valence-corrected chi connectivity index (χ0v) is 13.0. The summed E-state index contributed by atoms with van der Waals surface area (Å²) in [5.74, 6) is -0.208. The number of aryl methyl sites for hydroxylation is 1. The van der Waals surface area contributed by atoms with E-state index in [2.05, 4.69) is 25.7 Å². The zero-order chi connectivity index (χ0) is 17.3. The summed E-state index contributed by atoms with van der Waals surface area (Å²) < 4.78 is 40.5. The molecule has 0 amide bonds. The van der Waals surface area contributed by atoms with Crippen LogP contribution in [0.25, 0.3) is 10.9 Å². The fourth-order valence-electron chi connectivity index (χ4n) is 2.42. The maximum absolute atomic E-state index is 12.9. The van der Waals surface area contributed by atoms with E-state index in [0.717, 1.165) is 17.1 Å². The van der Waals surface area contributed by atoms with E-state index in [-0.39, 0.29) is 11.8 Å². The first-order valence-electron chi connectivity index (χ1n) is 7.27. The monoisotopic (exact) mass is 336 g/mol. The maximum atomic E-state index is 12.9. The van der Waals surface area contributed by atoms with Crippen LogP contribution < -0.4 is 10.6 Å². The molecule has 2 aromatic heterocycles. The third-order valence-corrected chi connectivity index (χ3v) is 3.56. The molecule has 0 aliphatic heterocycles. The molecule has 1 aromatic carbocycles. The van der Waals surface area contributed by atoms with Gasteiger partial charge in [0, 0.05) is 25.2 Å². The number of fused-ring (bicyclic) bond motifs is 1. The van der Waals surface area contributed by atoms with Gasteiger partial charge in [0.1, 0.15) is 11.4 Å². The minimum atomic E-state index is -4.51. The van der Waals surface area contributed by atoms with E-state index in [0.29, 0.717) is 12.2 Å². The lowest BCUT2D eigenvalue weighted by Gasteiger charge is -2.13. The van der Waals surface area contributed by atoms with Crippen molar-refractivity contribution in [3.8, 4) is 0 Å². The standard InChI is InChI=1S/C15H15F3N6/c1-3-24-12-6-4-5-11(9(12)7-21-24)22-14-20-8-10(15(16,17)18)13(19-2)23-14/h4-8H,3H2,1-2H3,(H2,19,20,22,23). The summed E-state index contributed by atoms with van der Waals surface area (Å²) in [6.07, 6.45) is -2.06. The van der Waals surface area contributed by atoms with Gasteiger partial charge in [-0.3, -0.25) is 4.68 Å². The number of anilines is 3. The van der Waals surface area contributed by atoms with E-state index < -0.39 is 11.7 Å². The molecule has 2 N–H and O–H groups in total. The van der Waals surface area contributed by atoms with Crippen LogP contribution in [0.15, 0.2) is 30.6 Å². The molecule has 9 heteroatoms. The third kappa shape index (κ3) is 2.84. The normalized spacial score (nSPS) is 11.7. The summed E-state index contributed by atoms with van der Waals surface area (Å²) >= 11 is 0. The highest BCUT2D eigenvalue weighted by atomic mass is 19.4. The van der Waals surface area contributed by atoms with Crippen LogP contribution in [0.2, 0.25) is 0 Å². The van der Waals surface area contributed by atoms with E-state index in [4.69, 9.17) is 0 Å². The molecule has 3 aromatic rings. The lowest BCUT2D eigenvalue weighted by Crippen LogP contribution is -2.12. The number of nitrogens with zero attached hydrogens (tertiary/aromatic N) is 4. The topological polar surface area (TPSA) is 67.7 Å². The second-order valence-electron chi connectivity index (χ2n) is 5.03. The van der Waals surface area contributed by atoms with Gasteiger partial charge >= 0.3 is 6.18 Å². The Balaban J connectivity index is 1.99. The van der Waals surface area contributed by atoms with E-state index in [1.807, 2.05) is 23.7 Å². The molecule has 3 rings (SSSR count). The smallest absolute Gasteiger partial charge is 0.372 e. The second-order valence-corrected chi connectivity index (χ2v) is 5.03. The Morgan fingerprint density at radius 3 is 2.67 bits per heavy atom. The van der Waals surface area contributed by atoms with Gasteiger partial charge in [0.25, 0.3) is 0 Å². The molecule has 0 saturated heterocycles. The number of hydrogen-bond acceptors (Lipinski definition) is 5. The molecule has 126 valence electrons. The van der Waals surface area contributed by atoms with Crippen molar-refractivity contribution in [3.63, 3.8) is 0 Å². The number of halogens is 3.